The van der Waals surface area contributed by atoms with Gasteiger partial charge in [-0.1, -0.05) is 18.5 Å². The Hall–Kier alpha value is -1.94. The summed E-state index contributed by atoms with van der Waals surface area (Å²) in [5.41, 5.74) is 0.530. The van der Waals surface area contributed by atoms with Crippen LogP contribution in [0.2, 0.25) is 5.02 Å². The van der Waals surface area contributed by atoms with Gasteiger partial charge in [-0.25, -0.2) is 0 Å². The molecule has 0 bridgehead atoms. The van der Waals surface area contributed by atoms with Crippen LogP contribution in [-0.4, -0.2) is 12.5 Å². The average Bonchev–Trinajstić information content (AvgIpc) is 2.92. The van der Waals surface area contributed by atoms with Crippen LogP contribution in [0, 0.1) is 0 Å². The second kappa shape index (κ2) is 6.29. The lowest BCUT2D eigenvalue weighted by Gasteiger charge is -2.11. The molecule has 0 aliphatic carbocycles. The molecular formula is C14H14ClNO3. The molecule has 0 aliphatic heterocycles. The molecule has 0 radical (unpaired) electrons. The van der Waals surface area contributed by atoms with Crippen molar-refractivity contribution in [3.63, 3.8) is 0 Å². The van der Waals surface area contributed by atoms with Gasteiger partial charge in [0, 0.05) is 5.02 Å². The first-order chi connectivity index (χ1) is 9.20. The van der Waals surface area contributed by atoms with Gasteiger partial charge >= 0.3 is 0 Å². The van der Waals surface area contributed by atoms with Crippen molar-refractivity contribution < 1.29 is 13.9 Å². The number of anilines is 1. The third kappa shape index (κ3) is 3.51. The molecule has 0 aliphatic rings. The van der Waals surface area contributed by atoms with E-state index >= 15 is 0 Å². The third-order valence-corrected chi connectivity index (χ3v) is 2.63. The Morgan fingerprint density at radius 1 is 1.42 bits per heavy atom. The molecule has 0 fully saturated rings. The van der Waals surface area contributed by atoms with Crippen LogP contribution >= 0.6 is 11.6 Å². The Morgan fingerprint density at radius 2 is 2.26 bits per heavy atom. The van der Waals surface area contributed by atoms with Gasteiger partial charge in [0.25, 0.3) is 5.91 Å². The van der Waals surface area contributed by atoms with Crippen molar-refractivity contribution in [2.24, 2.45) is 0 Å². The van der Waals surface area contributed by atoms with Crippen molar-refractivity contribution in [3.8, 4) is 5.75 Å². The van der Waals surface area contributed by atoms with Gasteiger partial charge in [0.2, 0.25) is 0 Å². The molecule has 0 saturated carbocycles. The SMILES string of the molecule is CCCOc1ccc(Cl)cc1NC(=O)c1ccco1. The van der Waals surface area contributed by atoms with Crippen molar-refractivity contribution in [2.45, 2.75) is 13.3 Å². The highest BCUT2D eigenvalue weighted by molar-refractivity contribution is 6.31. The van der Waals surface area contributed by atoms with Crippen molar-refractivity contribution in [2.75, 3.05) is 11.9 Å². The second-order valence-corrected chi connectivity index (χ2v) is 4.36. The van der Waals surface area contributed by atoms with Crippen LogP contribution in [0.25, 0.3) is 0 Å². The molecule has 5 heteroatoms. The molecule has 0 atom stereocenters. The smallest absolute Gasteiger partial charge is 0.291 e. The van der Waals surface area contributed by atoms with Gasteiger partial charge in [-0.15, -0.1) is 0 Å². The number of hydrogen-bond donors (Lipinski definition) is 1. The molecule has 100 valence electrons. The fourth-order valence-electron chi connectivity index (χ4n) is 1.53. The van der Waals surface area contributed by atoms with Crippen LogP contribution < -0.4 is 10.1 Å². The number of amides is 1. The summed E-state index contributed by atoms with van der Waals surface area (Å²) in [6.07, 6.45) is 2.33. The summed E-state index contributed by atoms with van der Waals surface area (Å²) < 4.78 is 10.6. The molecule has 0 saturated heterocycles. The molecule has 2 aromatic rings. The minimum atomic E-state index is -0.339. The zero-order valence-electron chi connectivity index (χ0n) is 10.5. The summed E-state index contributed by atoms with van der Waals surface area (Å²) >= 11 is 5.93. The number of halogens is 1. The van der Waals surface area contributed by atoms with E-state index in [4.69, 9.17) is 20.8 Å². The predicted octanol–water partition coefficient (Wildman–Crippen LogP) is 3.97. The van der Waals surface area contributed by atoms with Crippen LogP contribution in [0.3, 0.4) is 0 Å². The molecular weight excluding hydrogens is 266 g/mol. The lowest BCUT2D eigenvalue weighted by Crippen LogP contribution is -2.12. The molecule has 4 nitrogen and oxygen atoms in total. The first-order valence-electron chi connectivity index (χ1n) is 5.98. The Morgan fingerprint density at radius 3 is 2.95 bits per heavy atom. The van der Waals surface area contributed by atoms with Crippen molar-refractivity contribution >= 4 is 23.2 Å². The van der Waals surface area contributed by atoms with Crippen molar-refractivity contribution in [3.05, 3.63) is 47.4 Å². The van der Waals surface area contributed by atoms with Gasteiger partial charge in [0.05, 0.1) is 18.6 Å². The lowest BCUT2D eigenvalue weighted by molar-refractivity contribution is 0.0996. The molecule has 19 heavy (non-hydrogen) atoms. The maximum atomic E-state index is 11.9. The van der Waals surface area contributed by atoms with Gasteiger partial charge in [-0.2, -0.15) is 0 Å². The molecule has 1 aromatic carbocycles. The number of carbonyl (C=O) groups is 1. The summed E-state index contributed by atoms with van der Waals surface area (Å²) in [6.45, 7) is 2.59. The van der Waals surface area contributed by atoms with Gasteiger partial charge in [0.1, 0.15) is 5.75 Å². The molecule has 0 spiro atoms. The summed E-state index contributed by atoms with van der Waals surface area (Å²) in [5.74, 6) is 0.487. The molecule has 2 rings (SSSR count). The highest BCUT2D eigenvalue weighted by Crippen LogP contribution is 2.28. The Balaban J connectivity index is 2.18. The summed E-state index contributed by atoms with van der Waals surface area (Å²) in [6, 6.07) is 8.34. The highest BCUT2D eigenvalue weighted by atomic mass is 35.5. The summed E-state index contributed by atoms with van der Waals surface area (Å²) in [7, 11) is 0. The van der Waals surface area contributed by atoms with Gasteiger partial charge < -0.3 is 14.5 Å². The zero-order chi connectivity index (χ0) is 13.7. The fraction of sp³-hybridized carbons (Fsp3) is 0.214. The number of furan rings is 1. The van der Waals surface area contributed by atoms with E-state index in [-0.39, 0.29) is 11.7 Å². The number of nitrogens with one attached hydrogen (secondary N) is 1. The van der Waals surface area contributed by atoms with E-state index in [1.54, 1.807) is 30.3 Å². The predicted molar refractivity (Wildman–Crippen MR) is 73.9 cm³/mol. The normalized spacial score (nSPS) is 10.2. The number of carbonyl (C=O) groups excluding carboxylic acids is 1. The second-order valence-electron chi connectivity index (χ2n) is 3.92. The maximum Gasteiger partial charge on any atom is 0.291 e. The van der Waals surface area contributed by atoms with Gasteiger partial charge in [0.15, 0.2) is 5.76 Å². The average molecular weight is 280 g/mol. The maximum absolute atomic E-state index is 11.9. The zero-order valence-corrected chi connectivity index (χ0v) is 11.2. The molecule has 1 N–H and O–H groups in total. The lowest BCUT2D eigenvalue weighted by atomic mass is 10.2. The largest absolute Gasteiger partial charge is 0.491 e. The standard InChI is InChI=1S/C14H14ClNO3/c1-2-7-18-12-6-5-10(15)9-11(12)16-14(17)13-4-3-8-19-13/h3-6,8-9H,2,7H2,1H3,(H,16,17). The molecule has 1 aromatic heterocycles. The number of hydrogen-bond acceptors (Lipinski definition) is 3. The fourth-order valence-corrected chi connectivity index (χ4v) is 1.70. The van der Waals surface area contributed by atoms with E-state index in [2.05, 4.69) is 5.32 Å². The van der Waals surface area contributed by atoms with E-state index in [1.807, 2.05) is 6.92 Å². The summed E-state index contributed by atoms with van der Waals surface area (Å²) in [5, 5.41) is 3.25. The topological polar surface area (TPSA) is 51.5 Å². The van der Waals surface area contributed by atoms with Crippen LogP contribution in [0.15, 0.2) is 41.0 Å². The first-order valence-corrected chi connectivity index (χ1v) is 6.35. The van der Waals surface area contributed by atoms with E-state index < -0.39 is 0 Å². The Labute approximate surface area is 116 Å². The first kappa shape index (κ1) is 13.5. The minimum Gasteiger partial charge on any atom is -0.491 e. The van der Waals surface area contributed by atoms with Crippen LogP contribution in [0.5, 0.6) is 5.75 Å². The van der Waals surface area contributed by atoms with Crippen LogP contribution in [0.1, 0.15) is 23.9 Å². The monoisotopic (exact) mass is 279 g/mol. The van der Waals surface area contributed by atoms with Crippen LogP contribution in [0.4, 0.5) is 5.69 Å². The number of ether oxygens (including phenoxy) is 1. The Bertz CT molecular complexity index is 552. The number of benzene rings is 1. The van der Waals surface area contributed by atoms with Crippen LogP contribution in [-0.2, 0) is 0 Å². The van der Waals surface area contributed by atoms with E-state index in [1.165, 1.54) is 6.26 Å². The minimum absolute atomic E-state index is 0.237. The summed E-state index contributed by atoms with van der Waals surface area (Å²) in [4.78, 5) is 11.9. The van der Waals surface area contributed by atoms with Gasteiger partial charge in [-0.3, -0.25) is 4.79 Å². The molecule has 1 amide bonds. The number of rotatable bonds is 5. The molecule has 0 unspecified atom stereocenters. The van der Waals surface area contributed by atoms with E-state index in [0.29, 0.717) is 23.1 Å². The van der Waals surface area contributed by atoms with E-state index in [9.17, 15) is 4.79 Å². The highest BCUT2D eigenvalue weighted by Gasteiger charge is 2.12. The van der Waals surface area contributed by atoms with E-state index in [0.717, 1.165) is 6.42 Å². The van der Waals surface area contributed by atoms with Gasteiger partial charge in [-0.05, 0) is 36.8 Å². The molecule has 1 heterocycles. The Kier molecular flexibility index (Phi) is 4.47. The quantitative estimate of drug-likeness (QED) is 0.901. The third-order valence-electron chi connectivity index (χ3n) is 2.40. The van der Waals surface area contributed by atoms with Crippen molar-refractivity contribution in [1.29, 1.82) is 0 Å². The van der Waals surface area contributed by atoms with Crippen molar-refractivity contribution in [1.82, 2.24) is 0 Å².